The summed E-state index contributed by atoms with van der Waals surface area (Å²) in [5.74, 6) is 0.674. The topological polar surface area (TPSA) is 163 Å². The number of nitrogens with zero attached hydrogens (tertiary/aromatic N) is 2. The van der Waals surface area contributed by atoms with Crippen molar-refractivity contribution in [2.24, 2.45) is 0 Å². The minimum atomic E-state index is -0.518. The summed E-state index contributed by atoms with van der Waals surface area (Å²) in [5.41, 5.74) is 4.93. The molecule has 0 radical (unpaired) electrons. The summed E-state index contributed by atoms with van der Waals surface area (Å²) < 4.78 is 11.7. The van der Waals surface area contributed by atoms with Crippen LogP contribution in [0, 0.1) is 20.2 Å². The highest BCUT2D eigenvalue weighted by Gasteiger charge is 2.20. The van der Waals surface area contributed by atoms with E-state index >= 15 is 0 Å². The highest BCUT2D eigenvalue weighted by atomic mass is 16.6. The first-order chi connectivity index (χ1) is 20.8. The number of rotatable bonds is 12. The van der Waals surface area contributed by atoms with E-state index in [0.717, 1.165) is 22.3 Å². The maximum absolute atomic E-state index is 12.3. The van der Waals surface area contributed by atoms with Gasteiger partial charge in [-0.3, -0.25) is 29.8 Å². The Balaban J connectivity index is 1.07. The minimum absolute atomic E-state index is 0.0776. The molecule has 218 valence electrons. The fraction of sp³-hybridized carbons (Fsp3) is 0.161. The molecule has 4 aromatic rings. The molecule has 5 rings (SSSR count). The Labute approximate surface area is 245 Å². The van der Waals surface area contributed by atoms with E-state index in [4.69, 9.17) is 9.47 Å². The van der Waals surface area contributed by atoms with Crippen molar-refractivity contribution in [3.63, 3.8) is 0 Å². The predicted octanol–water partition coefficient (Wildman–Crippen LogP) is 4.69. The molecule has 0 unspecified atom stereocenters. The zero-order valence-electron chi connectivity index (χ0n) is 22.8. The minimum Gasteiger partial charge on any atom is -0.492 e. The molecule has 0 spiro atoms. The number of non-ortho nitro benzene ring substituents is 2. The van der Waals surface area contributed by atoms with Crippen molar-refractivity contribution >= 4 is 23.2 Å². The number of ether oxygens (including phenoxy) is 2. The summed E-state index contributed by atoms with van der Waals surface area (Å²) in [6.45, 7) is 1.04. The van der Waals surface area contributed by atoms with Crippen LogP contribution < -0.4 is 20.1 Å². The van der Waals surface area contributed by atoms with Crippen LogP contribution in [0.4, 0.5) is 11.4 Å². The Morgan fingerprint density at radius 2 is 1.02 bits per heavy atom. The first-order valence-corrected chi connectivity index (χ1v) is 13.4. The van der Waals surface area contributed by atoms with Crippen LogP contribution in [0.2, 0.25) is 0 Å². The van der Waals surface area contributed by atoms with Crippen LogP contribution in [0.3, 0.4) is 0 Å². The number of fused-ring (bicyclic) bond motifs is 3. The zero-order valence-corrected chi connectivity index (χ0v) is 22.8. The van der Waals surface area contributed by atoms with Gasteiger partial charge in [0.05, 0.1) is 22.9 Å². The smallest absolute Gasteiger partial charge is 0.269 e. The molecule has 2 amide bonds. The van der Waals surface area contributed by atoms with Crippen LogP contribution in [0.15, 0.2) is 84.9 Å². The van der Waals surface area contributed by atoms with Crippen LogP contribution in [0.5, 0.6) is 11.5 Å². The van der Waals surface area contributed by atoms with E-state index in [1.165, 1.54) is 48.5 Å². The Morgan fingerprint density at radius 3 is 1.40 bits per heavy atom. The normalized spacial score (nSPS) is 11.2. The second-order valence-electron chi connectivity index (χ2n) is 9.63. The molecule has 0 atom stereocenters. The number of nitro groups is 2. The summed E-state index contributed by atoms with van der Waals surface area (Å²) in [5, 5.41) is 27.0. The second-order valence-corrected chi connectivity index (χ2v) is 9.63. The quantitative estimate of drug-likeness (QED) is 0.122. The van der Waals surface area contributed by atoms with Gasteiger partial charge in [-0.05, 0) is 77.2 Å². The molecular formula is C31H26N4O8. The standard InChI is InChI=1S/C31H26N4O8/c36-30(20-1-5-24(6-2-20)34(38)39)32-13-15-42-26-9-11-28-22(18-26)17-23-19-27(10-12-29(23)28)43-16-14-33-31(37)21-3-7-25(8-4-21)35(40)41/h1-12,18-19H,13-17H2,(H,32,36)(H,33,37). The van der Waals surface area contributed by atoms with Gasteiger partial charge >= 0.3 is 0 Å². The molecule has 12 nitrogen and oxygen atoms in total. The summed E-state index contributed by atoms with van der Waals surface area (Å²) in [7, 11) is 0. The average Bonchev–Trinajstić information content (AvgIpc) is 3.38. The van der Waals surface area contributed by atoms with Crippen molar-refractivity contribution in [3.05, 3.63) is 127 Å². The first-order valence-electron chi connectivity index (χ1n) is 13.4. The van der Waals surface area contributed by atoms with Crippen LogP contribution in [0.25, 0.3) is 11.1 Å². The zero-order chi connectivity index (χ0) is 30.3. The van der Waals surface area contributed by atoms with Crippen molar-refractivity contribution in [1.82, 2.24) is 10.6 Å². The fourth-order valence-corrected chi connectivity index (χ4v) is 4.68. The van der Waals surface area contributed by atoms with Crippen LogP contribution in [0.1, 0.15) is 31.8 Å². The lowest BCUT2D eigenvalue weighted by Gasteiger charge is -2.10. The number of nitro benzene ring substituents is 2. The molecule has 0 aromatic heterocycles. The Kier molecular flexibility index (Phi) is 8.56. The van der Waals surface area contributed by atoms with Crippen molar-refractivity contribution in [1.29, 1.82) is 0 Å². The summed E-state index contributed by atoms with van der Waals surface area (Å²) in [4.78, 5) is 45.0. The van der Waals surface area contributed by atoms with Crippen molar-refractivity contribution in [3.8, 4) is 22.6 Å². The monoisotopic (exact) mass is 582 g/mol. The molecule has 0 heterocycles. The SMILES string of the molecule is O=C(NCCOc1ccc2c(c1)Cc1cc(OCCNC(=O)c3ccc([N+](=O)[O-])cc3)ccc1-2)c1ccc([N+](=O)[O-])cc1. The first kappa shape index (κ1) is 28.7. The number of carbonyl (C=O) groups is 2. The molecule has 0 saturated carbocycles. The van der Waals surface area contributed by atoms with Gasteiger partial charge in [0.2, 0.25) is 0 Å². The molecule has 0 saturated heterocycles. The third-order valence-corrected chi connectivity index (χ3v) is 6.82. The second kappa shape index (κ2) is 12.8. The van der Waals surface area contributed by atoms with Crippen molar-refractivity contribution in [2.45, 2.75) is 6.42 Å². The molecule has 4 aromatic carbocycles. The number of benzene rings is 4. The molecule has 1 aliphatic rings. The fourth-order valence-electron chi connectivity index (χ4n) is 4.68. The van der Waals surface area contributed by atoms with E-state index in [9.17, 15) is 29.8 Å². The maximum atomic E-state index is 12.3. The van der Waals surface area contributed by atoms with Gasteiger partial charge < -0.3 is 20.1 Å². The largest absolute Gasteiger partial charge is 0.492 e. The van der Waals surface area contributed by atoms with Gasteiger partial charge in [0.1, 0.15) is 24.7 Å². The lowest BCUT2D eigenvalue weighted by Crippen LogP contribution is -2.28. The van der Waals surface area contributed by atoms with Gasteiger partial charge in [-0.15, -0.1) is 0 Å². The number of hydrogen-bond donors (Lipinski definition) is 2. The summed E-state index contributed by atoms with van der Waals surface area (Å²) in [6.07, 6.45) is 0.701. The highest BCUT2D eigenvalue weighted by Crippen LogP contribution is 2.39. The van der Waals surface area contributed by atoms with Gasteiger partial charge in [-0.2, -0.15) is 0 Å². The Bertz CT molecular complexity index is 1560. The van der Waals surface area contributed by atoms with E-state index in [-0.39, 0.29) is 49.5 Å². The molecule has 1 aliphatic carbocycles. The summed E-state index contributed by atoms with van der Waals surface area (Å²) in [6, 6.07) is 22.5. The molecule has 0 aliphatic heterocycles. The highest BCUT2D eigenvalue weighted by molar-refractivity contribution is 5.94. The lowest BCUT2D eigenvalue weighted by atomic mass is 10.1. The van der Waals surface area contributed by atoms with E-state index in [0.29, 0.717) is 29.0 Å². The van der Waals surface area contributed by atoms with Crippen molar-refractivity contribution in [2.75, 3.05) is 26.3 Å². The van der Waals surface area contributed by atoms with Gasteiger partial charge in [0.15, 0.2) is 0 Å². The van der Waals surface area contributed by atoms with E-state index in [1.54, 1.807) is 0 Å². The molecule has 0 bridgehead atoms. The third kappa shape index (κ3) is 6.93. The molecule has 0 fully saturated rings. The number of amides is 2. The number of nitrogens with one attached hydrogen (secondary N) is 2. The molecule has 43 heavy (non-hydrogen) atoms. The maximum Gasteiger partial charge on any atom is 0.269 e. The van der Waals surface area contributed by atoms with E-state index in [2.05, 4.69) is 10.6 Å². The van der Waals surface area contributed by atoms with Gasteiger partial charge in [-0.1, -0.05) is 12.1 Å². The van der Waals surface area contributed by atoms with Gasteiger partial charge in [0, 0.05) is 35.4 Å². The van der Waals surface area contributed by atoms with Crippen LogP contribution in [-0.2, 0) is 6.42 Å². The van der Waals surface area contributed by atoms with Crippen LogP contribution in [-0.4, -0.2) is 48.0 Å². The third-order valence-electron chi connectivity index (χ3n) is 6.82. The molecule has 2 N–H and O–H groups in total. The van der Waals surface area contributed by atoms with Gasteiger partial charge in [0.25, 0.3) is 23.2 Å². The van der Waals surface area contributed by atoms with E-state index < -0.39 is 9.85 Å². The molecular weight excluding hydrogens is 556 g/mol. The van der Waals surface area contributed by atoms with Gasteiger partial charge in [-0.25, -0.2) is 0 Å². The van der Waals surface area contributed by atoms with Crippen molar-refractivity contribution < 1.29 is 28.9 Å². The number of hydrogen-bond acceptors (Lipinski definition) is 8. The molecule has 12 heteroatoms. The summed E-state index contributed by atoms with van der Waals surface area (Å²) >= 11 is 0. The van der Waals surface area contributed by atoms with Crippen LogP contribution >= 0.6 is 0 Å². The predicted molar refractivity (Wildman–Crippen MR) is 157 cm³/mol. The van der Waals surface area contributed by atoms with E-state index in [1.807, 2.05) is 36.4 Å². The average molecular weight is 583 g/mol. The Morgan fingerprint density at radius 1 is 0.628 bits per heavy atom. The lowest BCUT2D eigenvalue weighted by molar-refractivity contribution is -0.385. The number of carbonyl (C=O) groups excluding carboxylic acids is 2. The Hall–Kier alpha value is -5.78.